The minimum absolute atomic E-state index is 0.296. The summed E-state index contributed by atoms with van der Waals surface area (Å²) in [6.07, 6.45) is 1.67. The number of hydrogen-bond acceptors (Lipinski definition) is 2. The molecule has 1 rings (SSSR count). The second-order valence-electron chi connectivity index (χ2n) is 3.45. The molecule has 7 heteroatoms. The average molecular weight is 317 g/mol. The standard InChI is InChI=1S/C10H13BrN4OS/c1-6(2)4-13-10(17)15-14-9(16)8-3-7(11)5-12-8/h3,5,12H,1,4H2,2H3,(H,14,16)(H2,13,15,17). The molecule has 1 heterocycles. The molecule has 0 saturated carbocycles. The molecule has 0 aromatic carbocycles. The summed E-state index contributed by atoms with van der Waals surface area (Å²) < 4.78 is 0.811. The largest absolute Gasteiger partial charge is 0.358 e. The van der Waals surface area contributed by atoms with Crippen molar-refractivity contribution in [1.82, 2.24) is 21.2 Å². The van der Waals surface area contributed by atoms with Crippen molar-refractivity contribution in [3.8, 4) is 0 Å². The highest BCUT2D eigenvalue weighted by atomic mass is 79.9. The number of carbonyl (C=O) groups excluding carboxylic acids is 1. The molecule has 0 aliphatic heterocycles. The lowest BCUT2D eigenvalue weighted by molar-refractivity contribution is 0.0939. The van der Waals surface area contributed by atoms with Crippen molar-refractivity contribution >= 4 is 39.2 Å². The molecule has 0 fully saturated rings. The zero-order valence-electron chi connectivity index (χ0n) is 9.26. The molecule has 0 aliphatic carbocycles. The third-order valence-corrected chi connectivity index (χ3v) is 2.44. The van der Waals surface area contributed by atoms with Gasteiger partial charge >= 0.3 is 0 Å². The molecule has 0 atom stereocenters. The Bertz CT molecular complexity index is 443. The number of thiocarbonyl (C=S) groups is 1. The van der Waals surface area contributed by atoms with Gasteiger partial charge in [0.15, 0.2) is 5.11 Å². The highest BCUT2D eigenvalue weighted by Crippen LogP contribution is 2.09. The van der Waals surface area contributed by atoms with Gasteiger partial charge in [0.25, 0.3) is 5.91 Å². The van der Waals surface area contributed by atoms with Crippen LogP contribution in [0.3, 0.4) is 0 Å². The molecule has 1 amide bonds. The number of hydrazine groups is 1. The van der Waals surface area contributed by atoms with Crippen molar-refractivity contribution in [1.29, 1.82) is 0 Å². The third-order valence-electron chi connectivity index (χ3n) is 1.73. The summed E-state index contributed by atoms with van der Waals surface area (Å²) in [6.45, 7) is 6.17. The summed E-state index contributed by atoms with van der Waals surface area (Å²) in [5.41, 5.74) is 6.44. The number of aromatic amines is 1. The topological polar surface area (TPSA) is 68.9 Å². The Labute approximate surface area is 113 Å². The predicted molar refractivity (Wildman–Crippen MR) is 74.5 cm³/mol. The van der Waals surface area contributed by atoms with Crippen LogP contribution in [0.5, 0.6) is 0 Å². The van der Waals surface area contributed by atoms with E-state index < -0.39 is 0 Å². The van der Waals surface area contributed by atoms with Crippen molar-refractivity contribution in [3.05, 3.63) is 34.6 Å². The smallest absolute Gasteiger partial charge is 0.286 e. The van der Waals surface area contributed by atoms with Gasteiger partial charge in [-0.1, -0.05) is 12.2 Å². The Hall–Kier alpha value is -1.34. The zero-order chi connectivity index (χ0) is 12.8. The van der Waals surface area contributed by atoms with Gasteiger partial charge in [-0.05, 0) is 41.1 Å². The summed E-state index contributed by atoms with van der Waals surface area (Å²) in [4.78, 5) is 14.4. The van der Waals surface area contributed by atoms with Crippen LogP contribution in [-0.2, 0) is 0 Å². The molecule has 0 unspecified atom stereocenters. The number of rotatable bonds is 3. The molecule has 0 radical (unpaired) electrons. The molecule has 0 spiro atoms. The third kappa shape index (κ3) is 5.01. The van der Waals surface area contributed by atoms with E-state index in [4.69, 9.17) is 12.2 Å². The summed E-state index contributed by atoms with van der Waals surface area (Å²) in [5, 5.41) is 3.22. The van der Waals surface area contributed by atoms with E-state index >= 15 is 0 Å². The van der Waals surface area contributed by atoms with Gasteiger partial charge in [0.2, 0.25) is 0 Å². The SMILES string of the molecule is C=C(C)CNC(=S)NNC(=O)c1cc(Br)c[nH]1. The van der Waals surface area contributed by atoms with Crippen molar-refractivity contribution in [2.24, 2.45) is 0 Å². The molecule has 92 valence electrons. The second kappa shape index (κ2) is 6.41. The van der Waals surface area contributed by atoms with E-state index in [1.54, 1.807) is 12.3 Å². The summed E-state index contributed by atoms with van der Waals surface area (Å²) in [5.74, 6) is -0.296. The van der Waals surface area contributed by atoms with Gasteiger partial charge < -0.3 is 10.3 Å². The second-order valence-corrected chi connectivity index (χ2v) is 4.77. The number of carbonyl (C=O) groups is 1. The number of hydrogen-bond donors (Lipinski definition) is 4. The molecule has 4 N–H and O–H groups in total. The first kappa shape index (κ1) is 13.7. The fourth-order valence-electron chi connectivity index (χ4n) is 0.955. The zero-order valence-corrected chi connectivity index (χ0v) is 11.7. The van der Waals surface area contributed by atoms with Gasteiger partial charge in [0, 0.05) is 17.2 Å². The van der Waals surface area contributed by atoms with Crippen LogP contribution in [-0.4, -0.2) is 22.5 Å². The Morgan fingerprint density at radius 1 is 1.59 bits per heavy atom. The van der Waals surface area contributed by atoms with Gasteiger partial charge in [-0.3, -0.25) is 15.6 Å². The molecular formula is C10H13BrN4OS. The maximum absolute atomic E-state index is 11.6. The van der Waals surface area contributed by atoms with Crippen LogP contribution < -0.4 is 16.2 Å². The Balaban J connectivity index is 2.33. The Morgan fingerprint density at radius 2 is 2.29 bits per heavy atom. The van der Waals surface area contributed by atoms with Gasteiger partial charge in [-0.2, -0.15) is 0 Å². The molecular weight excluding hydrogens is 304 g/mol. The van der Waals surface area contributed by atoms with E-state index in [1.165, 1.54) is 0 Å². The van der Waals surface area contributed by atoms with E-state index in [0.29, 0.717) is 17.4 Å². The van der Waals surface area contributed by atoms with Crippen LogP contribution in [0, 0.1) is 0 Å². The number of amides is 1. The molecule has 0 bridgehead atoms. The monoisotopic (exact) mass is 316 g/mol. The lowest BCUT2D eigenvalue weighted by Crippen LogP contribution is -2.47. The minimum Gasteiger partial charge on any atom is -0.358 e. The van der Waals surface area contributed by atoms with Crippen LogP contribution in [0.15, 0.2) is 28.9 Å². The van der Waals surface area contributed by atoms with E-state index in [9.17, 15) is 4.79 Å². The number of H-pyrrole nitrogens is 1. The van der Waals surface area contributed by atoms with Gasteiger partial charge in [-0.25, -0.2) is 0 Å². The van der Waals surface area contributed by atoms with Crippen LogP contribution in [0.25, 0.3) is 0 Å². The van der Waals surface area contributed by atoms with Crippen molar-refractivity contribution in [2.75, 3.05) is 6.54 Å². The summed E-state index contributed by atoms with van der Waals surface area (Å²) in [7, 11) is 0. The quantitative estimate of drug-likeness (QED) is 0.387. The van der Waals surface area contributed by atoms with Gasteiger partial charge in [0.1, 0.15) is 5.69 Å². The van der Waals surface area contributed by atoms with Crippen LogP contribution in [0.2, 0.25) is 0 Å². The molecule has 1 aromatic rings. The fourth-order valence-corrected chi connectivity index (χ4v) is 1.42. The lowest BCUT2D eigenvalue weighted by atomic mass is 10.4. The molecule has 0 aliphatic rings. The van der Waals surface area contributed by atoms with Gasteiger partial charge in [-0.15, -0.1) is 0 Å². The normalized spacial score (nSPS) is 9.53. The first-order valence-corrected chi connectivity index (χ1v) is 6.01. The van der Waals surface area contributed by atoms with Crippen LogP contribution in [0.4, 0.5) is 0 Å². The summed E-state index contributed by atoms with van der Waals surface area (Å²) >= 11 is 8.19. The van der Waals surface area contributed by atoms with E-state index in [-0.39, 0.29) is 5.91 Å². The Morgan fingerprint density at radius 3 is 2.82 bits per heavy atom. The van der Waals surface area contributed by atoms with E-state index in [0.717, 1.165) is 10.0 Å². The maximum atomic E-state index is 11.6. The van der Waals surface area contributed by atoms with Crippen molar-refractivity contribution in [3.63, 3.8) is 0 Å². The minimum atomic E-state index is -0.296. The highest BCUT2D eigenvalue weighted by Gasteiger charge is 2.07. The van der Waals surface area contributed by atoms with Crippen LogP contribution in [0.1, 0.15) is 17.4 Å². The van der Waals surface area contributed by atoms with Gasteiger partial charge in [0.05, 0.1) is 0 Å². The number of halogens is 1. The van der Waals surface area contributed by atoms with Crippen molar-refractivity contribution in [2.45, 2.75) is 6.92 Å². The fraction of sp³-hybridized carbons (Fsp3) is 0.200. The van der Waals surface area contributed by atoms with E-state index in [1.807, 2.05) is 6.92 Å². The lowest BCUT2D eigenvalue weighted by Gasteiger charge is -2.10. The highest BCUT2D eigenvalue weighted by molar-refractivity contribution is 9.10. The van der Waals surface area contributed by atoms with Crippen LogP contribution >= 0.6 is 28.1 Å². The first-order valence-electron chi connectivity index (χ1n) is 4.81. The molecule has 5 nitrogen and oxygen atoms in total. The molecule has 1 aromatic heterocycles. The average Bonchev–Trinajstić information content (AvgIpc) is 2.70. The molecule has 0 saturated heterocycles. The van der Waals surface area contributed by atoms with E-state index in [2.05, 4.69) is 43.7 Å². The molecule has 17 heavy (non-hydrogen) atoms. The van der Waals surface area contributed by atoms with Crippen molar-refractivity contribution < 1.29 is 4.79 Å². The predicted octanol–water partition coefficient (Wildman–Crippen LogP) is 1.46. The summed E-state index contributed by atoms with van der Waals surface area (Å²) in [6, 6.07) is 1.67. The maximum Gasteiger partial charge on any atom is 0.286 e. The number of nitrogens with one attached hydrogen (secondary N) is 4. The number of aromatic nitrogens is 1. The Kier molecular flexibility index (Phi) is 5.17. The first-order chi connectivity index (χ1) is 7.99.